The second-order valence-electron chi connectivity index (χ2n) is 7.98. The van der Waals surface area contributed by atoms with Crippen molar-refractivity contribution in [3.05, 3.63) is 35.8 Å². The lowest BCUT2D eigenvalue weighted by Gasteiger charge is -2.52. The molecule has 3 aliphatic heterocycles. The number of carboxylic acids is 1. The van der Waals surface area contributed by atoms with E-state index in [4.69, 9.17) is 14.2 Å². The van der Waals surface area contributed by atoms with Crippen LogP contribution in [0.3, 0.4) is 0 Å². The second-order valence-corrected chi connectivity index (χ2v) is 7.98. The molecule has 0 amide bonds. The van der Waals surface area contributed by atoms with E-state index in [1.165, 1.54) is 6.20 Å². The van der Waals surface area contributed by atoms with E-state index in [1.807, 2.05) is 0 Å². The fourth-order valence-corrected chi connectivity index (χ4v) is 4.62. The maximum atomic E-state index is 13.6. The number of halogens is 3. The Morgan fingerprint density at radius 3 is 2.62 bits per heavy atom. The molecular formula is C19H18F3N3O7. The monoisotopic (exact) mass is 457 g/mol. The smallest absolute Gasteiger partial charge is 0.335 e. The number of rotatable bonds is 4. The number of nitrogens with zero attached hydrogens (tertiary/aromatic N) is 3. The zero-order valence-corrected chi connectivity index (χ0v) is 16.3. The van der Waals surface area contributed by atoms with Gasteiger partial charge in [-0.1, -0.05) is 5.21 Å². The third-order valence-corrected chi connectivity index (χ3v) is 6.10. The Morgan fingerprint density at radius 2 is 1.97 bits per heavy atom. The first-order valence-electron chi connectivity index (χ1n) is 9.83. The van der Waals surface area contributed by atoms with E-state index in [9.17, 15) is 33.3 Å². The first-order valence-corrected chi connectivity index (χ1v) is 9.83. The van der Waals surface area contributed by atoms with Crippen LogP contribution < -0.4 is 0 Å². The summed E-state index contributed by atoms with van der Waals surface area (Å²) >= 11 is 0. The van der Waals surface area contributed by atoms with Gasteiger partial charge < -0.3 is 29.5 Å². The molecule has 1 unspecified atom stereocenters. The van der Waals surface area contributed by atoms with Gasteiger partial charge >= 0.3 is 5.97 Å². The van der Waals surface area contributed by atoms with Gasteiger partial charge in [0.1, 0.15) is 30.0 Å². The molecule has 0 saturated carbocycles. The number of benzene rings is 1. The highest BCUT2D eigenvalue weighted by molar-refractivity contribution is 5.73. The molecule has 32 heavy (non-hydrogen) atoms. The molecule has 2 bridgehead atoms. The second kappa shape index (κ2) is 7.49. The van der Waals surface area contributed by atoms with E-state index in [0.717, 1.165) is 16.8 Å². The number of aliphatic hydroxyl groups excluding tert-OH is 2. The van der Waals surface area contributed by atoms with E-state index < -0.39 is 72.4 Å². The molecule has 0 radical (unpaired) electrons. The predicted octanol–water partition coefficient (Wildman–Crippen LogP) is 0.383. The normalized spacial score (nSPS) is 36.2. The Morgan fingerprint density at radius 1 is 1.25 bits per heavy atom. The number of carbonyl (C=O) groups is 1. The number of carboxylic acid groups (broad SMARTS) is 1. The van der Waals surface area contributed by atoms with E-state index in [2.05, 4.69) is 10.3 Å². The third kappa shape index (κ3) is 3.11. The molecule has 2 aromatic rings. The molecule has 3 aliphatic rings. The van der Waals surface area contributed by atoms with Gasteiger partial charge in [-0.05, 0) is 18.6 Å². The summed E-state index contributed by atoms with van der Waals surface area (Å²) < 4.78 is 59.2. The van der Waals surface area contributed by atoms with E-state index in [-0.39, 0.29) is 17.7 Å². The maximum Gasteiger partial charge on any atom is 0.335 e. The van der Waals surface area contributed by atoms with Gasteiger partial charge in [-0.25, -0.2) is 22.6 Å². The Labute approximate surface area is 178 Å². The van der Waals surface area contributed by atoms with Gasteiger partial charge in [-0.2, -0.15) is 0 Å². The highest BCUT2D eigenvalue weighted by Gasteiger charge is 2.65. The Hall–Kier alpha value is -2.58. The molecule has 1 spiro atoms. The van der Waals surface area contributed by atoms with E-state index in [1.54, 1.807) is 0 Å². The summed E-state index contributed by atoms with van der Waals surface area (Å²) in [5, 5.41) is 37.8. The summed E-state index contributed by atoms with van der Waals surface area (Å²) in [6, 6.07) is 0.374. The van der Waals surface area contributed by atoms with Crippen LogP contribution in [-0.4, -0.2) is 79.2 Å². The molecule has 3 fully saturated rings. The first-order chi connectivity index (χ1) is 15.2. The van der Waals surface area contributed by atoms with Gasteiger partial charge in [0, 0.05) is 12.0 Å². The summed E-state index contributed by atoms with van der Waals surface area (Å²) in [6.45, 7) is -0.571. The molecule has 0 aliphatic carbocycles. The molecule has 3 N–H and O–H groups in total. The molecule has 4 heterocycles. The van der Waals surface area contributed by atoms with Crippen LogP contribution in [0.4, 0.5) is 13.2 Å². The Kier molecular flexibility index (Phi) is 4.98. The number of hydrogen-bond donors (Lipinski definition) is 3. The topological polar surface area (TPSA) is 136 Å². The zero-order valence-electron chi connectivity index (χ0n) is 16.3. The quantitative estimate of drug-likeness (QED) is 0.557. The van der Waals surface area contributed by atoms with Crippen molar-refractivity contribution in [1.29, 1.82) is 0 Å². The number of hydrogen-bond acceptors (Lipinski definition) is 8. The minimum atomic E-state index is -1.63. The summed E-state index contributed by atoms with van der Waals surface area (Å²) in [7, 11) is 0. The molecule has 7 atom stereocenters. The van der Waals surface area contributed by atoms with E-state index in [0.29, 0.717) is 6.42 Å². The standard InChI is InChI=1S/C19H18F3N3O7/c20-8-3-7(4-9(21)13(8)22)10-5-25(24-23-10)14-15(27)12(6-26)32-19-2-1-11(31-19)16(18(28)29)30-17(14)19/h3-5,11-12,14-17,26-27H,1-2,6H2,(H,28,29)/t11?,12-,14+,15+,16-,17-,19+/m1/s1. The summed E-state index contributed by atoms with van der Waals surface area (Å²) in [4.78, 5) is 11.7. The lowest BCUT2D eigenvalue weighted by atomic mass is 9.88. The van der Waals surface area contributed by atoms with Crippen molar-refractivity contribution in [2.24, 2.45) is 0 Å². The van der Waals surface area contributed by atoms with Gasteiger partial charge in [0.2, 0.25) is 0 Å². The Balaban J connectivity index is 1.54. The van der Waals surface area contributed by atoms with Crippen LogP contribution in [0.2, 0.25) is 0 Å². The van der Waals surface area contributed by atoms with Crippen molar-refractivity contribution in [3.8, 4) is 11.3 Å². The SMILES string of the molecule is O=C(O)[C@@H]1O[C@@H]2[C@@H](n3cc(-c4cc(F)c(F)c(F)c4)nn3)[C@@H](O)[C@@H](CO)O[C@@]23CCC1O3. The molecule has 10 nitrogen and oxygen atoms in total. The number of aliphatic hydroxyl groups is 2. The van der Waals surface area contributed by atoms with Crippen LogP contribution >= 0.6 is 0 Å². The molecular weight excluding hydrogens is 439 g/mol. The molecule has 5 rings (SSSR count). The van der Waals surface area contributed by atoms with Gasteiger partial charge in [0.25, 0.3) is 0 Å². The molecule has 1 aromatic carbocycles. The molecule has 3 saturated heterocycles. The van der Waals surface area contributed by atoms with Gasteiger partial charge in [-0.3, -0.25) is 0 Å². The van der Waals surface area contributed by atoms with Crippen LogP contribution in [0.25, 0.3) is 11.3 Å². The van der Waals surface area contributed by atoms with Gasteiger partial charge in [0.05, 0.1) is 18.9 Å². The van der Waals surface area contributed by atoms with Crippen LogP contribution in [0.15, 0.2) is 18.3 Å². The average Bonchev–Trinajstić information content (AvgIpc) is 3.37. The zero-order chi connectivity index (χ0) is 22.8. The van der Waals surface area contributed by atoms with Crippen LogP contribution in [0.5, 0.6) is 0 Å². The van der Waals surface area contributed by atoms with Gasteiger partial charge in [-0.15, -0.1) is 5.10 Å². The van der Waals surface area contributed by atoms with Crippen molar-refractivity contribution < 1.29 is 47.5 Å². The fraction of sp³-hybridized carbons (Fsp3) is 0.526. The highest BCUT2D eigenvalue weighted by Crippen LogP contribution is 2.50. The number of aromatic nitrogens is 3. The van der Waals surface area contributed by atoms with Crippen LogP contribution in [0.1, 0.15) is 18.9 Å². The van der Waals surface area contributed by atoms with Crippen molar-refractivity contribution in [1.82, 2.24) is 15.0 Å². The maximum absolute atomic E-state index is 13.6. The summed E-state index contributed by atoms with van der Waals surface area (Å²) in [5.74, 6) is -7.12. The summed E-state index contributed by atoms with van der Waals surface area (Å²) in [6.07, 6.45) is -3.93. The van der Waals surface area contributed by atoms with Gasteiger partial charge in [0.15, 0.2) is 29.3 Å². The Bertz CT molecular complexity index is 1050. The average molecular weight is 457 g/mol. The van der Waals surface area contributed by atoms with Crippen molar-refractivity contribution in [3.63, 3.8) is 0 Å². The largest absolute Gasteiger partial charge is 0.479 e. The lowest BCUT2D eigenvalue weighted by molar-refractivity contribution is -0.389. The van der Waals surface area contributed by atoms with Crippen LogP contribution in [-0.2, 0) is 19.0 Å². The minimum absolute atomic E-state index is 0.0353. The van der Waals surface area contributed by atoms with E-state index >= 15 is 0 Å². The summed E-state index contributed by atoms with van der Waals surface area (Å²) in [5.41, 5.74) is -0.139. The van der Waals surface area contributed by atoms with Crippen molar-refractivity contribution in [2.75, 3.05) is 6.61 Å². The van der Waals surface area contributed by atoms with Crippen LogP contribution in [0, 0.1) is 17.5 Å². The minimum Gasteiger partial charge on any atom is -0.479 e. The first kappa shape index (κ1) is 21.3. The fourth-order valence-electron chi connectivity index (χ4n) is 4.62. The molecule has 1 aromatic heterocycles. The predicted molar refractivity (Wildman–Crippen MR) is 95.5 cm³/mol. The molecule has 13 heteroatoms. The van der Waals surface area contributed by atoms with Crippen molar-refractivity contribution >= 4 is 5.97 Å². The molecule has 172 valence electrons. The lowest BCUT2D eigenvalue weighted by Crippen LogP contribution is -2.67. The number of ether oxygens (including phenoxy) is 3. The van der Waals surface area contributed by atoms with Crippen molar-refractivity contribution in [2.45, 2.75) is 55.2 Å². The number of aliphatic carboxylic acids is 1. The third-order valence-electron chi connectivity index (χ3n) is 6.10. The number of fused-ring (bicyclic) bond motifs is 1. The highest BCUT2D eigenvalue weighted by atomic mass is 19.2.